The predicted octanol–water partition coefficient (Wildman–Crippen LogP) is 2.57. The maximum Gasteiger partial charge on any atom is 0.147 e. The fourth-order valence-electron chi connectivity index (χ4n) is 2.09. The number of hydrogen-bond acceptors (Lipinski definition) is 5. The Labute approximate surface area is 135 Å². The Morgan fingerprint density at radius 2 is 2.33 bits per heavy atom. The van der Waals surface area contributed by atoms with Crippen molar-refractivity contribution in [3.63, 3.8) is 0 Å². The van der Waals surface area contributed by atoms with E-state index in [1.807, 2.05) is 30.7 Å². The van der Waals surface area contributed by atoms with Gasteiger partial charge >= 0.3 is 0 Å². The first-order chi connectivity index (χ1) is 10.2. The van der Waals surface area contributed by atoms with Crippen molar-refractivity contribution in [1.82, 2.24) is 10.3 Å². The van der Waals surface area contributed by atoms with Gasteiger partial charge in [-0.15, -0.1) is 0 Å². The van der Waals surface area contributed by atoms with Crippen LogP contribution >= 0.6 is 27.7 Å². The van der Waals surface area contributed by atoms with E-state index in [9.17, 15) is 5.11 Å². The van der Waals surface area contributed by atoms with Crippen LogP contribution in [0.3, 0.4) is 0 Å². The van der Waals surface area contributed by atoms with Crippen LogP contribution in [0.5, 0.6) is 0 Å². The van der Waals surface area contributed by atoms with E-state index in [1.54, 1.807) is 11.8 Å². The van der Waals surface area contributed by atoms with Crippen LogP contribution in [0.1, 0.15) is 5.56 Å². The average Bonchev–Trinajstić information content (AvgIpc) is 2.87. The first-order valence-corrected chi connectivity index (χ1v) is 8.71. The summed E-state index contributed by atoms with van der Waals surface area (Å²) in [5, 5.41) is 26.4. The lowest BCUT2D eigenvalue weighted by molar-refractivity contribution is 0.196. The Morgan fingerprint density at radius 1 is 1.52 bits per heavy atom. The number of oxime groups is 1. The van der Waals surface area contributed by atoms with E-state index >= 15 is 0 Å². The standard InChI is InChI=1S/C14H18BrN3O2S/c1-21-5-4-16-14(19)13(18-20)6-9-8-17-12-3-2-10(15)7-11(9)12/h2-3,7-8,14,16-17,19-20H,4-6H2,1H3/b18-13-. The van der Waals surface area contributed by atoms with E-state index in [1.165, 1.54) is 0 Å². The van der Waals surface area contributed by atoms with Gasteiger partial charge in [0.05, 0.1) is 0 Å². The lowest BCUT2D eigenvalue weighted by Crippen LogP contribution is -2.38. The second kappa shape index (κ2) is 7.84. The highest BCUT2D eigenvalue weighted by Crippen LogP contribution is 2.23. The smallest absolute Gasteiger partial charge is 0.147 e. The van der Waals surface area contributed by atoms with Crippen molar-refractivity contribution < 1.29 is 10.3 Å². The summed E-state index contributed by atoms with van der Waals surface area (Å²) >= 11 is 5.13. The van der Waals surface area contributed by atoms with Crippen molar-refractivity contribution in [1.29, 1.82) is 0 Å². The highest BCUT2D eigenvalue weighted by Gasteiger charge is 2.15. The number of aliphatic hydroxyl groups is 1. The molecule has 0 fully saturated rings. The zero-order chi connectivity index (χ0) is 15.2. The molecule has 2 rings (SSSR count). The third-order valence-electron chi connectivity index (χ3n) is 3.19. The monoisotopic (exact) mass is 371 g/mol. The van der Waals surface area contributed by atoms with Crippen molar-refractivity contribution in [2.75, 3.05) is 18.6 Å². The topological polar surface area (TPSA) is 80.6 Å². The Hall–Kier alpha value is -1.02. The molecule has 1 unspecified atom stereocenters. The molecule has 0 aliphatic carbocycles. The molecule has 7 heteroatoms. The molecule has 0 aliphatic rings. The number of aliphatic hydroxyl groups excluding tert-OH is 1. The van der Waals surface area contributed by atoms with Gasteiger partial charge in [0, 0.05) is 40.3 Å². The summed E-state index contributed by atoms with van der Waals surface area (Å²) < 4.78 is 0.983. The molecule has 0 aliphatic heterocycles. The molecule has 4 N–H and O–H groups in total. The zero-order valence-corrected chi connectivity index (χ0v) is 14.0. The number of benzene rings is 1. The Morgan fingerprint density at radius 3 is 3.05 bits per heavy atom. The number of hydrogen-bond donors (Lipinski definition) is 4. The van der Waals surface area contributed by atoms with Crippen molar-refractivity contribution in [3.8, 4) is 0 Å². The first kappa shape index (κ1) is 16.4. The van der Waals surface area contributed by atoms with E-state index in [4.69, 9.17) is 5.21 Å². The van der Waals surface area contributed by atoms with E-state index in [-0.39, 0.29) is 0 Å². The summed E-state index contributed by atoms with van der Waals surface area (Å²) in [5.41, 5.74) is 2.29. The number of aromatic nitrogens is 1. The van der Waals surface area contributed by atoms with Crippen molar-refractivity contribution >= 4 is 44.3 Å². The van der Waals surface area contributed by atoms with Gasteiger partial charge in [-0.25, -0.2) is 0 Å². The van der Waals surface area contributed by atoms with Gasteiger partial charge in [-0.05, 0) is 30.0 Å². The van der Waals surface area contributed by atoms with Crippen molar-refractivity contribution in [3.05, 3.63) is 34.4 Å². The van der Waals surface area contributed by atoms with E-state index in [0.29, 0.717) is 18.7 Å². The normalized spacial score (nSPS) is 13.8. The molecule has 1 heterocycles. The van der Waals surface area contributed by atoms with E-state index in [0.717, 1.165) is 26.7 Å². The molecule has 0 bridgehead atoms. The van der Waals surface area contributed by atoms with Gasteiger partial charge < -0.3 is 15.3 Å². The second-order valence-corrected chi connectivity index (χ2v) is 6.52. The first-order valence-electron chi connectivity index (χ1n) is 6.52. The van der Waals surface area contributed by atoms with Gasteiger partial charge in [-0.2, -0.15) is 11.8 Å². The summed E-state index contributed by atoms with van der Waals surface area (Å²) in [6.45, 7) is 0.654. The molecule has 21 heavy (non-hydrogen) atoms. The molecule has 5 nitrogen and oxygen atoms in total. The number of H-pyrrole nitrogens is 1. The molecule has 0 amide bonds. The maximum atomic E-state index is 10.0. The van der Waals surface area contributed by atoms with Crippen LogP contribution in [0, 0.1) is 0 Å². The highest BCUT2D eigenvalue weighted by molar-refractivity contribution is 9.10. The number of nitrogens with one attached hydrogen (secondary N) is 2. The van der Waals surface area contributed by atoms with Crippen LogP contribution < -0.4 is 5.32 Å². The molecule has 2 aromatic rings. The van der Waals surface area contributed by atoms with Crippen LogP contribution in [0.15, 0.2) is 34.0 Å². The molecular weight excluding hydrogens is 354 g/mol. The largest absolute Gasteiger partial charge is 0.411 e. The molecule has 0 radical (unpaired) electrons. The summed E-state index contributed by atoms with van der Waals surface area (Å²) in [6, 6.07) is 5.94. The molecular formula is C14H18BrN3O2S. The minimum Gasteiger partial charge on any atom is -0.411 e. The van der Waals surface area contributed by atoms with Crippen LogP contribution in [-0.4, -0.2) is 45.8 Å². The number of aromatic amines is 1. The maximum absolute atomic E-state index is 10.0. The lowest BCUT2D eigenvalue weighted by atomic mass is 10.1. The number of thioether (sulfide) groups is 1. The quantitative estimate of drug-likeness (QED) is 0.198. The van der Waals surface area contributed by atoms with Gasteiger partial charge in [0.1, 0.15) is 11.9 Å². The fourth-order valence-corrected chi connectivity index (χ4v) is 2.78. The number of rotatable bonds is 7. The lowest BCUT2D eigenvalue weighted by Gasteiger charge is -2.13. The second-order valence-electron chi connectivity index (χ2n) is 4.62. The summed E-state index contributed by atoms with van der Waals surface area (Å²) in [7, 11) is 0. The SMILES string of the molecule is CSCCNC(O)/C(Cc1c[nH]c2ccc(Br)cc12)=N\O. The van der Waals surface area contributed by atoms with Crippen LogP contribution in [-0.2, 0) is 6.42 Å². The predicted molar refractivity (Wildman–Crippen MR) is 91.3 cm³/mol. The molecule has 1 atom stereocenters. The van der Waals surface area contributed by atoms with Gasteiger partial charge in [0.15, 0.2) is 0 Å². The van der Waals surface area contributed by atoms with Crippen molar-refractivity contribution in [2.24, 2.45) is 5.16 Å². The zero-order valence-electron chi connectivity index (χ0n) is 11.6. The summed E-state index contributed by atoms with van der Waals surface area (Å²) in [6.07, 6.45) is 3.30. The molecule has 1 aromatic carbocycles. The average molecular weight is 372 g/mol. The minimum atomic E-state index is -0.945. The Kier molecular flexibility index (Phi) is 6.10. The van der Waals surface area contributed by atoms with Gasteiger partial charge in [0.25, 0.3) is 0 Å². The van der Waals surface area contributed by atoms with E-state index < -0.39 is 6.23 Å². The van der Waals surface area contributed by atoms with E-state index in [2.05, 4.69) is 31.4 Å². The van der Waals surface area contributed by atoms with Crippen LogP contribution in [0.25, 0.3) is 10.9 Å². The molecule has 1 aromatic heterocycles. The molecule has 114 valence electrons. The fraction of sp³-hybridized carbons (Fsp3) is 0.357. The third-order valence-corrected chi connectivity index (χ3v) is 4.29. The Balaban J connectivity index is 2.12. The summed E-state index contributed by atoms with van der Waals surface area (Å²) in [5.74, 6) is 0.885. The van der Waals surface area contributed by atoms with Crippen LogP contribution in [0.4, 0.5) is 0 Å². The molecule has 0 spiro atoms. The molecule has 0 saturated heterocycles. The van der Waals surface area contributed by atoms with Gasteiger partial charge in [-0.1, -0.05) is 21.1 Å². The third kappa shape index (κ3) is 4.23. The Bertz CT molecular complexity index is 630. The number of fused-ring (bicyclic) bond motifs is 1. The van der Waals surface area contributed by atoms with Crippen molar-refractivity contribution in [2.45, 2.75) is 12.6 Å². The van der Waals surface area contributed by atoms with Crippen LogP contribution in [0.2, 0.25) is 0 Å². The number of halogens is 1. The summed E-state index contributed by atoms with van der Waals surface area (Å²) in [4.78, 5) is 3.17. The number of nitrogens with zero attached hydrogens (tertiary/aromatic N) is 1. The highest BCUT2D eigenvalue weighted by atomic mass is 79.9. The minimum absolute atomic E-state index is 0.303. The van der Waals surface area contributed by atoms with Gasteiger partial charge in [0.2, 0.25) is 0 Å². The molecule has 0 saturated carbocycles. The van der Waals surface area contributed by atoms with Gasteiger partial charge in [-0.3, -0.25) is 5.32 Å².